The molecule has 0 aliphatic rings. The van der Waals surface area contributed by atoms with Crippen molar-refractivity contribution in [2.75, 3.05) is 38.3 Å². The maximum absolute atomic E-state index is 11.2. The highest BCUT2D eigenvalue weighted by Crippen LogP contribution is 2.16. The summed E-state index contributed by atoms with van der Waals surface area (Å²) in [6, 6.07) is 7.33. The van der Waals surface area contributed by atoms with Gasteiger partial charge in [0.05, 0.1) is 12.9 Å². The van der Waals surface area contributed by atoms with E-state index in [0.717, 1.165) is 11.5 Å². The van der Waals surface area contributed by atoms with Crippen LogP contribution in [0.25, 0.3) is 0 Å². The molecule has 0 saturated heterocycles. The van der Waals surface area contributed by atoms with Gasteiger partial charge in [0.25, 0.3) is 0 Å². The average molecular weight is 287 g/mol. The van der Waals surface area contributed by atoms with Crippen LogP contribution in [0.5, 0.6) is 11.5 Å². The number of nitrogens with one attached hydrogen (secondary N) is 1. The van der Waals surface area contributed by atoms with Gasteiger partial charge in [-0.25, -0.2) is 8.42 Å². The molecule has 0 radical (unpaired) electrons. The molecule has 0 bridgehead atoms. The fraction of sp³-hybridized carbons (Fsp3) is 0.538. The zero-order chi connectivity index (χ0) is 14.1. The van der Waals surface area contributed by atoms with E-state index in [1.165, 1.54) is 0 Å². The molecule has 0 fully saturated rings. The standard InChI is InChI=1S/C13H21NO4S/c1-3-19(15,16)11-9-14-8-10-18-13-6-4-12(17-2)5-7-13/h4-7,14H,3,8-11H2,1-2H3. The molecule has 1 rings (SSSR count). The Morgan fingerprint density at radius 2 is 1.74 bits per heavy atom. The minimum Gasteiger partial charge on any atom is -0.497 e. The molecule has 1 aromatic carbocycles. The van der Waals surface area contributed by atoms with Gasteiger partial charge in [0.1, 0.15) is 18.1 Å². The summed E-state index contributed by atoms with van der Waals surface area (Å²) in [6.07, 6.45) is 0. The van der Waals surface area contributed by atoms with Crippen LogP contribution in [0.15, 0.2) is 24.3 Å². The lowest BCUT2D eigenvalue weighted by Crippen LogP contribution is -2.27. The molecular formula is C13H21NO4S. The summed E-state index contributed by atoms with van der Waals surface area (Å²) in [5, 5.41) is 3.04. The minimum atomic E-state index is -2.88. The lowest BCUT2D eigenvalue weighted by Gasteiger charge is -2.08. The van der Waals surface area contributed by atoms with E-state index in [-0.39, 0.29) is 11.5 Å². The molecule has 0 aromatic heterocycles. The van der Waals surface area contributed by atoms with Crippen molar-refractivity contribution >= 4 is 9.84 Å². The lowest BCUT2D eigenvalue weighted by molar-refractivity contribution is 0.314. The second-order valence-electron chi connectivity index (χ2n) is 4.01. The second kappa shape index (κ2) is 8.01. The summed E-state index contributed by atoms with van der Waals surface area (Å²) in [4.78, 5) is 0. The van der Waals surface area contributed by atoms with Gasteiger partial charge in [-0.2, -0.15) is 0 Å². The van der Waals surface area contributed by atoms with Gasteiger partial charge in [0, 0.05) is 18.8 Å². The number of sulfone groups is 1. The molecular weight excluding hydrogens is 266 g/mol. The van der Waals surface area contributed by atoms with Gasteiger partial charge in [0.2, 0.25) is 0 Å². The van der Waals surface area contributed by atoms with E-state index in [4.69, 9.17) is 9.47 Å². The topological polar surface area (TPSA) is 64.6 Å². The van der Waals surface area contributed by atoms with Crippen LogP contribution < -0.4 is 14.8 Å². The molecule has 0 unspecified atom stereocenters. The summed E-state index contributed by atoms with van der Waals surface area (Å²) >= 11 is 0. The van der Waals surface area contributed by atoms with Crippen LogP contribution in [0.1, 0.15) is 6.92 Å². The van der Waals surface area contributed by atoms with Gasteiger partial charge < -0.3 is 14.8 Å². The highest BCUT2D eigenvalue weighted by Gasteiger charge is 2.05. The second-order valence-corrected chi connectivity index (χ2v) is 6.48. The summed E-state index contributed by atoms with van der Waals surface area (Å²) in [7, 11) is -1.27. The molecule has 1 aromatic rings. The van der Waals surface area contributed by atoms with Crippen molar-refractivity contribution < 1.29 is 17.9 Å². The summed E-state index contributed by atoms with van der Waals surface area (Å²) < 4.78 is 33.0. The summed E-state index contributed by atoms with van der Waals surface area (Å²) in [5.74, 6) is 1.92. The molecule has 0 spiro atoms. The smallest absolute Gasteiger partial charge is 0.151 e. The quantitative estimate of drug-likeness (QED) is 0.689. The third-order valence-electron chi connectivity index (χ3n) is 2.64. The van der Waals surface area contributed by atoms with Crippen LogP contribution in [0.2, 0.25) is 0 Å². The Bertz CT molecular complexity index is 456. The SMILES string of the molecule is CCS(=O)(=O)CCNCCOc1ccc(OC)cc1. The first-order chi connectivity index (χ1) is 9.07. The third-order valence-corrected chi connectivity index (χ3v) is 4.34. The van der Waals surface area contributed by atoms with E-state index in [1.54, 1.807) is 14.0 Å². The first-order valence-electron chi connectivity index (χ1n) is 6.25. The third kappa shape index (κ3) is 6.45. The van der Waals surface area contributed by atoms with Crippen molar-refractivity contribution in [1.29, 1.82) is 0 Å². The van der Waals surface area contributed by atoms with Crippen LogP contribution in [-0.2, 0) is 9.84 Å². The fourth-order valence-electron chi connectivity index (χ4n) is 1.41. The molecule has 0 saturated carbocycles. The van der Waals surface area contributed by atoms with Crippen molar-refractivity contribution in [2.24, 2.45) is 0 Å². The van der Waals surface area contributed by atoms with Crippen molar-refractivity contribution in [2.45, 2.75) is 6.92 Å². The Hall–Kier alpha value is -1.27. The maximum atomic E-state index is 11.2. The normalized spacial score (nSPS) is 11.3. The van der Waals surface area contributed by atoms with E-state index < -0.39 is 9.84 Å². The number of methoxy groups -OCH3 is 1. The Balaban J connectivity index is 2.13. The van der Waals surface area contributed by atoms with E-state index in [1.807, 2.05) is 24.3 Å². The highest BCUT2D eigenvalue weighted by molar-refractivity contribution is 7.91. The molecule has 0 atom stereocenters. The maximum Gasteiger partial charge on any atom is 0.151 e. The molecule has 0 amide bonds. The van der Waals surface area contributed by atoms with Crippen LogP contribution in [0.4, 0.5) is 0 Å². The predicted octanol–water partition coefficient (Wildman–Crippen LogP) is 1.10. The molecule has 19 heavy (non-hydrogen) atoms. The first kappa shape index (κ1) is 15.8. The van der Waals surface area contributed by atoms with Crippen LogP contribution in [0, 0.1) is 0 Å². The summed E-state index contributed by atoms with van der Waals surface area (Å²) in [5.41, 5.74) is 0. The molecule has 6 heteroatoms. The zero-order valence-corrected chi connectivity index (χ0v) is 12.2. The number of ether oxygens (including phenoxy) is 2. The first-order valence-corrected chi connectivity index (χ1v) is 8.07. The number of rotatable bonds is 9. The lowest BCUT2D eigenvalue weighted by atomic mass is 10.3. The monoisotopic (exact) mass is 287 g/mol. The van der Waals surface area contributed by atoms with E-state index in [0.29, 0.717) is 19.7 Å². The van der Waals surface area contributed by atoms with Crippen molar-refractivity contribution in [3.63, 3.8) is 0 Å². The van der Waals surface area contributed by atoms with Gasteiger partial charge in [-0.1, -0.05) is 6.92 Å². The van der Waals surface area contributed by atoms with Crippen LogP contribution in [-0.4, -0.2) is 46.7 Å². The summed E-state index contributed by atoms with van der Waals surface area (Å²) in [6.45, 7) is 3.23. The van der Waals surface area contributed by atoms with E-state index >= 15 is 0 Å². The molecule has 1 N–H and O–H groups in total. The van der Waals surface area contributed by atoms with E-state index in [9.17, 15) is 8.42 Å². The van der Waals surface area contributed by atoms with Gasteiger partial charge in [0.15, 0.2) is 9.84 Å². The minimum absolute atomic E-state index is 0.173. The number of benzene rings is 1. The Morgan fingerprint density at radius 1 is 1.11 bits per heavy atom. The average Bonchev–Trinajstić information content (AvgIpc) is 2.43. The number of hydrogen-bond acceptors (Lipinski definition) is 5. The van der Waals surface area contributed by atoms with Gasteiger partial charge >= 0.3 is 0 Å². The zero-order valence-electron chi connectivity index (χ0n) is 11.4. The van der Waals surface area contributed by atoms with Gasteiger partial charge in [-0.05, 0) is 24.3 Å². The van der Waals surface area contributed by atoms with Crippen molar-refractivity contribution in [1.82, 2.24) is 5.32 Å². The fourth-order valence-corrected chi connectivity index (χ4v) is 2.15. The Labute approximate surface area is 114 Å². The van der Waals surface area contributed by atoms with Gasteiger partial charge in [-0.3, -0.25) is 0 Å². The van der Waals surface area contributed by atoms with Crippen molar-refractivity contribution in [3.8, 4) is 11.5 Å². The van der Waals surface area contributed by atoms with Gasteiger partial charge in [-0.15, -0.1) is 0 Å². The Morgan fingerprint density at radius 3 is 2.32 bits per heavy atom. The molecule has 5 nitrogen and oxygen atoms in total. The highest BCUT2D eigenvalue weighted by atomic mass is 32.2. The Kier molecular flexibility index (Phi) is 6.66. The predicted molar refractivity (Wildman–Crippen MR) is 75.7 cm³/mol. The van der Waals surface area contributed by atoms with Crippen LogP contribution >= 0.6 is 0 Å². The van der Waals surface area contributed by atoms with Crippen LogP contribution in [0.3, 0.4) is 0 Å². The molecule has 0 aliphatic heterocycles. The number of hydrogen-bond donors (Lipinski definition) is 1. The molecule has 0 aliphatic carbocycles. The largest absolute Gasteiger partial charge is 0.497 e. The van der Waals surface area contributed by atoms with E-state index in [2.05, 4.69) is 5.32 Å². The molecule has 0 heterocycles. The molecule has 108 valence electrons. The van der Waals surface area contributed by atoms with Crippen molar-refractivity contribution in [3.05, 3.63) is 24.3 Å².